The molecule has 2 atom stereocenters. The van der Waals surface area contributed by atoms with Crippen LogP contribution >= 0.6 is 0 Å². The van der Waals surface area contributed by atoms with E-state index in [1.807, 2.05) is 30.3 Å². The number of allylic oxidation sites excluding steroid dienone is 1. The predicted molar refractivity (Wildman–Crippen MR) is 104 cm³/mol. The summed E-state index contributed by atoms with van der Waals surface area (Å²) in [7, 11) is -2.60. The van der Waals surface area contributed by atoms with Crippen LogP contribution in [0.25, 0.3) is 0 Å². The van der Waals surface area contributed by atoms with Gasteiger partial charge in [-0.15, -0.1) is 0 Å². The zero-order chi connectivity index (χ0) is 20.3. The number of hydrogen-bond donors (Lipinski definition) is 0. The number of carbonyl (C=O) groups excluding carboxylic acids is 2. The van der Waals surface area contributed by atoms with Gasteiger partial charge in [0, 0.05) is 18.5 Å². The van der Waals surface area contributed by atoms with Gasteiger partial charge in [-0.3, -0.25) is 4.79 Å². The van der Waals surface area contributed by atoms with Crippen LogP contribution in [0.5, 0.6) is 5.75 Å². The van der Waals surface area contributed by atoms with Crippen LogP contribution in [0.2, 0.25) is 0 Å². The van der Waals surface area contributed by atoms with Crippen molar-refractivity contribution in [1.29, 1.82) is 0 Å². The smallest absolute Gasteiger partial charge is 0.270 e. The van der Waals surface area contributed by atoms with Gasteiger partial charge in [0.2, 0.25) is 5.91 Å². The Bertz CT molecular complexity index is 997. The number of nitrogens with zero attached hydrogens (tertiary/aromatic N) is 1. The lowest BCUT2D eigenvalue weighted by molar-refractivity contribution is -0.133. The molecule has 1 heterocycles. The molecule has 0 N–H and O–H groups in total. The number of amides is 1. The van der Waals surface area contributed by atoms with Crippen molar-refractivity contribution in [2.24, 2.45) is 5.92 Å². The molecule has 0 saturated carbocycles. The van der Waals surface area contributed by atoms with Crippen LogP contribution in [0.15, 0.2) is 71.8 Å². The number of hydrogen-bond acceptors (Lipinski definition) is 5. The van der Waals surface area contributed by atoms with Gasteiger partial charge < -0.3 is 9.53 Å². The minimum absolute atomic E-state index is 0.0222. The Kier molecular flexibility index (Phi) is 5.65. The molecule has 1 aliphatic heterocycles. The van der Waals surface area contributed by atoms with Gasteiger partial charge in [-0.2, -0.15) is 0 Å². The van der Waals surface area contributed by atoms with Gasteiger partial charge in [0.25, 0.3) is 10.0 Å². The van der Waals surface area contributed by atoms with Crippen molar-refractivity contribution in [2.75, 3.05) is 7.11 Å². The van der Waals surface area contributed by atoms with E-state index in [-0.39, 0.29) is 23.0 Å². The molecule has 0 fully saturated rings. The number of sulfonamides is 1. The van der Waals surface area contributed by atoms with Crippen LogP contribution in [0, 0.1) is 5.92 Å². The summed E-state index contributed by atoms with van der Waals surface area (Å²) in [6.07, 6.45) is 2.93. The van der Waals surface area contributed by atoms with Crippen LogP contribution in [0.3, 0.4) is 0 Å². The second-order valence-corrected chi connectivity index (χ2v) is 8.42. The molecular weight excluding hydrogens is 378 g/mol. The second-order valence-electron chi connectivity index (χ2n) is 6.61. The molecule has 2 aromatic rings. The number of benzene rings is 2. The Morgan fingerprint density at radius 2 is 1.71 bits per heavy atom. The molecule has 0 saturated heterocycles. The van der Waals surface area contributed by atoms with Crippen LogP contribution in [0.1, 0.15) is 24.8 Å². The van der Waals surface area contributed by atoms with Crippen molar-refractivity contribution in [3.63, 3.8) is 0 Å². The molecule has 1 aliphatic rings. The molecule has 0 radical (unpaired) electrons. The minimum atomic E-state index is -4.08. The van der Waals surface area contributed by atoms with E-state index in [1.54, 1.807) is 6.08 Å². The van der Waals surface area contributed by atoms with Crippen LogP contribution < -0.4 is 4.74 Å². The standard InChI is InChI=1S/C21H21NO5S/c1-15(23)14-20-19(16-6-4-3-5-7-16)12-13-22(21(20)24)28(25,26)18-10-8-17(27-2)9-11-18/h3-13,19-20H,14H2,1-2H3. The first kappa shape index (κ1) is 19.8. The fraction of sp³-hybridized carbons (Fsp3) is 0.238. The van der Waals surface area contributed by atoms with E-state index in [4.69, 9.17) is 4.74 Å². The van der Waals surface area contributed by atoms with E-state index < -0.39 is 21.8 Å². The minimum Gasteiger partial charge on any atom is -0.497 e. The van der Waals surface area contributed by atoms with Gasteiger partial charge in [0.05, 0.1) is 17.9 Å². The Balaban J connectivity index is 2.00. The zero-order valence-electron chi connectivity index (χ0n) is 15.6. The number of carbonyl (C=O) groups is 2. The molecule has 2 aromatic carbocycles. The Labute approximate surface area is 164 Å². The summed E-state index contributed by atoms with van der Waals surface area (Å²) in [5.74, 6) is -1.41. The Hall–Kier alpha value is -2.93. The molecule has 0 spiro atoms. The van der Waals surface area contributed by atoms with Crippen LogP contribution in [-0.2, 0) is 19.6 Å². The number of methoxy groups -OCH3 is 1. The third-order valence-corrected chi connectivity index (χ3v) is 6.39. The largest absolute Gasteiger partial charge is 0.497 e. The first-order valence-corrected chi connectivity index (χ1v) is 10.2. The van der Waals surface area contributed by atoms with Crippen LogP contribution in [-0.4, -0.2) is 31.5 Å². The average molecular weight is 399 g/mol. The van der Waals surface area contributed by atoms with Crippen molar-refractivity contribution in [1.82, 2.24) is 4.31 Å². The van der Waals surface area contributed by atoms with Crippen molar-refractivity contribution >= 4 is 21.7 Å². The van der Waals surface area contributed by atoms with E-state index in [1.165, 1.54) is 44.5 Å². The predicted octanol–water partition coefficient (Wildman–Crippen LogP) is 3.12. The third kappa shape index (κ3) is 3.84. The maximum Gasteiger partial charge on any atom is 0.270 e. The Morgan fingerprint density at radius 3 is 2.29 bits per heavy atom. The highest BCUT2D eigenvalue weighted by Crippen LogP contribution is 2.36. The lowest BCUT2D eigenvalue weighted by Crippen LogP contribution is -2.42. The fourth-order valence-electron chi connectivity index (χ4n) is 3.30. The summed E-state index contributed by atoms with van der Waals surface area (Å²) >= 11 is 0. The maximum absolute atomic E-state index is 13.1. The summed E-state index contributed by atoms with van der Waals surface area (Å²) in [5, 5.41) is 0. The molecule has 0 bridgehead atoms. The quantitative estimate of drug-likeness (QED) is 0.746. The summed E-state index contributed by atoms with van der Waals surface area (Å²) in [6, 6.07) is 15.1. The van der Waals surface area contributed by atoms with E-state index in [0.717, 1.165) is 9.87 Å². The maximum atomic E-state index is 13.1. The highest BCUT2D eigenvalue weighted by Gasteiger charge is 2.40. The first-order valence-electron chi connectivity index (χ1n) is 8.79. The van der Waals surface area contributed by atoms with Gasteiger partial charge in [-0.25, -0.2) is 12.7 Å². The highest BCUT2D eigenvalue weighted by molar-refractivity contribution is 7.89. The number of Topliss-reactive ketones (excluding diaryl/α,β-unsaturated/α-hetero) is 1. The van der Waals surface area contributed by atoms with Gasteiger partial charge in [0.1, 0.15) is 11.5 Å². The molecule has 1 amide bonds. The molecule has 2 unspecified atom stereocenters. The molecule has 7 heteroatoms. The molecular formula is C21H21NO5S. The lowest BCUT2D eigenvalue weighted by Gasteiger charge is -2.32. The zero-order valence-corrected chi connectivity index (χ0v) is 16.4. The van der Waals surface area contributed by atoms with Gasteiger partial charge in [0.15, 0.2) is 0 Å². The highest BCUT2D eigenvalue weighted by atomic mass is 32.2. The van der Waals surface area contributed by atoms with Crippen molar-refractivity contribution in [2.45, 2.75) is 24.2 Å². The monoisotopic (exact) mass is 399 g/mol. The fourth-order valence-corrected chi connectivity index (χ4v) is 4.61. The van der Waals surface area contributed by atoms with E-state index in [9.17, 15) is 18.0 Å². The molecule has 3 rings (SSSR count). The first-order chi connectivity index (χ1) is 13.3. The molecule has 146 valence electrons. The van der Waals surface area contributed by atoms with E-state index >= 15 is 0 Å². The summed E-state index contributed by atoms with van der Waals surface area (Å²) < 4.78 is 31.8. The molecule has 0 aromatic heterocycles. The summed E-state index contributed by atoms with van der Waals surface area (Å²) in [6.45, 7) is 1.40. The molecule has 28 heavy (non-hydrogen) atoms. The van der Waals surface area contributed by atoms with Crippen molar-refractivity contribution in [3.05, 3.63) is 72.4 Å². The normalized spacial score (nSPS) is 19.5. The van der Waals surface area contributed by atoms with E-state index in [2.05, 4.69) is 0 Å². The molecule has 0 aliphatic carbocycles. The van der Waals surface area contributed by atoms with Crippen molar-refractivity contribution in [3.8, 4) is 5.75 Å². The SMILES string of the molecule is COc1ccc(S(=O)(=O)N2C=CC(c3ccccc3)C(CC(C)=O)C2=O)cc1. The number of rotatable bonds is 6. The third-order valence-electron chi connectivity index (χ3n) is 4.70. The number of ketones is 1. The van der Waals surface area contributed by atoms with Gasteiger partial charge >= 0.3 is 0 Å². The second kappa shape index (κ2) is 7.98. The van der Waals surface area contributed by atoms with Gasteiger partial charge in [-0.05, 0) is 36.8 Å². The average Bonchev–Trinajstić information content (AvgIpc) is 2.69. The van der Waals surface area contributed by atoms with Gasteiger partial charge in [-0.1, -0.05) is 36.4 Å². The Morgan fingerprint density at radius 1 is 1.07 bits per heavy atom. The molecule has 6 nitrogen and oxygen atoms in total. The van der Waals surface area contributed by atoms with Crippen molar-refractivity contribution < 1.29 is 22.7 Å². The lowest BCUT2D eigenvalue weighted by atomic mass is 9.81. The number of ether oxygens (including phenoxy) is 1. The van der Waals surface area contributed by atoms with E-state index in [0.29, 0.717) is 5.75 Å². The summed E-state index contributed by atoms with van der Waals surface area (Å²) in [5.41, 5.74) is 0.861. The van der Waals surface area contributed by atoms with Crippen LogP contribution in [0.4, 0.5) is 0 Å². The summed E-state index contributed by atoms with van der Waals surface area (Å²) in [4.78, 5) is 24.9. The topological polar surface area (TPSA) is 80.8 Å².